The van der Waals surface area contributed by atoms with Gasteiger partial charge in [0.2, 0.25) is 5.91 Å². The quantitative estimate of drug-likeness (QED) is 0.867. The molecule has 1 N–H and O–H groups in total. The first kappa shape index (κ1) is 15.2. The molecule has 0 aliphatic carbocycles. The summed E-state index contributed by atoms with van der Waals surface area (Å²) in [5, 5.41) is 4.29. The molecule has 0 radical (unpaired) electrons. The van der Waals surface area contributed by atoms with E-state index in [-0.39, 0.29) is 12.3 Å². The lowest BCUT2D eigenvalue weighted by molar-refractivity contribution is -0.150. The SMILES string of the molecule is C=C1NC(=O)N(C(C)=O)C(c2cccs2)C1C(=O)OCC. The van der Waals surface area contributed by atoms with Crippen LogP contribution in [0.4, 0.5) is 4.79 Å². The maximum absolute atomic E-state index is 12.2. The van der Waals surface area contributed by atoms with Gasteiger partial charge in [0.15, 0.2) is 0 Å². The fourth-order valence-electron chi connectivity index (χ4n) is 2.33. The highest BCUT2D eigenvalue weighted by Crippen LogP contribution is 2.38. The van der Waals surface area contributed by atoms with Gasteiger partial charge in [0.1, 0.15) is 5.92 Å². The molecular weight excluding hydrogens is 292 g/mol. The first-order valence-electron chi connectivity index (χ1n) is 6.47. The van der Waals surface area contributed by atoms with E-state index in [1.807, 2.05) is 5.38 Å². The van der Waals surface area contributed by atoms with Gasteiger partial charge < -0.3 is 10.1 Å². The van der Waals surface area contributed by atoms with Crippen LogP contribution in [-0.4, -0.2) is 29.4 Å². The minimum Gasteiger partial charge on any atom is -0.465 e. The van der Waals surface area contributed by atoms with Gasteiger partial charge in [-0.05, 0) is 18.4 Å². The standard InChI is InChI=1S/C14H16N2O4S/c1-4-20-13(18)11-8(2)15-14(19)16(9(3)17)12(11)10-6-5-7-21-10/h5-7,11-12H,2,4H2,1,3H3,(H,15,19). The number of nitrogens with one attached hydrogen (secondary N) is 1. The molecule has 7 heteroatoms. The molecule has 2 rings (SSSR count). The molecule has 1 aliphatic heterocycles. The van der Waals surface area contributed by atoms with Crippen LogP contribution in [0.3, 0.4) is 0 Å². The van der Waals surface area contributed by atoms with Crippen molar-refractivity contribution in [3.63, 3.8) is 0 Å². The Kier molecular flexibility index (Phi) is 4.42. The second-order valence-corrected chi connectivity index (χ2v) is 5.51. The molecule has 2 unspecified atom stereocenters. The van der Waals surface area contributed by atoms with Gasteiger partial charge in [-0.3, -0.25) is 14.5 Å². The molecular formula is C14H16N2O4S. The van der Waals surface area contributed by atoms with Crippen molar-refractivity contribution in [2.75, 3.05) is 6.61 Å². The van der Waals surface area contributed by atoms with E-state index in [9.17, 15) is 14.4 Å². The summed E-state index contributed by atoms with van der Waals surface area (Å²) < 4.78 is 5.06. The minimum absolute atomic E-state index is 0.216. The highest BCUT2D eigenvalue weighted by Gasteiger charge is 2.46. The van der Waals surface area contributed by atoms with E-state index in [1.165, 1.54) is 18.3 Å². The molecule has 1 aromatic heterocycles. The molecule has 6 nitrogen and oxygen atoms in total. The number of esters is 1. The molecule has 1 aliphatic rings. The lowest BCUT2D eigenvalue weighted by Gasteiger charge is -2.39. The molecule has 2 heterocycles. The molecule has 0 saturated carbocycles. The Morgan fingerprint density at radius 2 is 2.24 bits per heavy atom. The van der Waals surface area contributed by atoms with Crippen LogP contribution in [0.5, 0.6) is 0 Å². The van der Waals surface area contributed by atoms with Crippen LogP contribution in [0.25, 0.3) is 0 Å². The Morgan fingerprint density at radius 1 is 1.52 bits per heavy atom. The van der Waals surface area contributed by atoms with E-state index in [2.05, 4.69) is 11.9 Å². The molecule has 1 saturated heterocycles. The number of nitrogens with zero attached hydrogens (tertiary/aromatic N) is 1. The van der Waals surface area contributed by atoms with Crippen LogP contribution in [-0.2, 0) is 14.3 Å². The second kappa shape index (κ2) is 6.09. The van der Waals surface area contributed by atoms with Gasteiger partial charge in [-0.25, -0.2) is 4.79 Å². The summed E-state index contributed by atoms with van der Waals surface area (Å²) in [5.41, 5.74) is 0.245. The number of carbonyl (C=O) groups excluding carboxylic acids is 3. The third-order valence-electron chi connectivity index (χ3n) is 3.17. The monoisotopic (exact) mass is 308 g/mol. The van der Waals surface area contributed by atoms with E-state index >= 15 is 0 Å². The van der Waals surface area contributed by atoms with Crippen molar-refractivity contribution in [3.8, 4) is 0 Å². The highest BCUT2D eigenvalue weighted by atomic mass is 32.1. The summed E-state index contributed by atoms with van der Waals surface area (Å²) >= 11 is 1.37. The number of urea groups is 1. The van der Waals surface area contributed by atoms with E-state index in [1.54, 1.807) is 19.1 Å². The number of thiophene rings is 1. The third-order valence-corrected chi connectivity index (χ3v) is 4.11. The predicted octanol–water partition coefficient (Wildman–Crippen LogP) is 2.05. The fraction of sp³-hybridized carbons (Fsp3) is 0.357. The Balaban J connectivity index is 2.48. The Hall–Kier alpha value is -2.15. The molecule has 0 aromatic carbocycles. The summed E-state index contributed by atoms with van der Waals surface area (Å²) in [6, 6.07) is 2.29. The smallest absolute Gasteiger partial charge is 0.328 e. The summed E-state index contributed by atoms with van der Waals surface area (Å²) in [7, 11) is 0. The number of hydrogen-bond donors (Lipinski definition) is 1. The first-order valence-corrected chi connectivity index (χ1v) is 7.35. The summed E-state index contributed by atoms with van der Waals surface area (Å²) in [6.45, 7) is 6.94. The van der Waals surface area contributed by atoms with Crippen molar-refractivity contribution in [1.82, 2.24) is 10.2 Å². The van der Waals surface area contributed by atoms with Gasteiger partial charge in [0.05, 0.1) is 12.6 Å². The average molecular weight is 308 g/mol. The Labute approximate surface area is 126 Å². The van der Waals surface area contributed by atoms with E-state index in [0.29, 0.717) is 0 Å². The third kappa shape index (κ3) is 2.82. The number of amides is 3. The van der Waals surface area contributed by atoms with Crippen LogP contribution in [0.1, 0.15) is 24.8 Å². The Bertz CT molecular complexity index is 582. The van der Waals surface area contributed by atoms with E-state index in [4.69, 9.17) is 4.74 Å². The summed E-state index contributed by atoms with van der Waals surface area (Å²) in [6.07, 6.45) is 0. The predicted molar refractivity (Wildman–Crippen MR) is 77.4 cm³/mol. The van der Waals surface area contributed by atoms with Gasteiger partial charge in [0.25, 0.3) is 0 Å². The van der Waals surface area contributed by atoms with Crippen LogP contribution in [0.2, 0.25) is 0 Å². The van der Waals surface area contributed by atoms with Gasteiger partial charge in [-0.2, -0.15) is 0 Å². The van der Waals surface area contributed by atoms with Crippen molar-refractivity contribution in [1.29, 1.82) is 0 Å². The summed E-state index contributed by atoms with van der Waals surface area (Å²) in [5.74, 6) is -1.76. The fourth-order valence-corrected chi connectivity index (χ4v) is 3.19. The zero-order valence-electron chi connectivity index (χ0n) is 11.8. The number of rotatable bonds is 3. The van der Waals surface area contributed by atoms with Crippen molar-refractivity contribution in [2.45, 2.75) is 19.9 Å². The van der Waals surface area contributed by atoms with Crippen LogP contribution in [0, 0.1) is 5.92 Å². The lowest BCUT2D eigenvalue weighted by Crippen LogP contribution is -2.55. The van der Waals surface area contributed by atoms with Crippen molar-refractivity contribution in [3.05, 3.63) is 34.7 Å². The molecule has 112 valence electrons. The van der Waals surface area contributed by atoms with Crippen LogP contribution < -0.4 is 5.32 Å². The van der Waals surface area contributed by atoms with Crippen LogP contribution >= 0.6 is 11.3 Å². The number of hydrogen-bond acceptors (Lipinski definition) is 5. The maximum Gasteiger partial charge on any atom is 0.328 e. The number of carbonyl (C=O) groups is 3. The van der Waals surface area contributed by atoms with Gasteiger partial charge >= 0.3 is 12.0 Å². The van der Waals surface area contributed by atoms with E-state index < -0.39 is 29.9 Å². The zero-order chi connectivity index (χ0) is 15.6. The Morgan fingerprint density at radius 3 is 2.76 bits per heavy atom. The van der Waals surface area contributed by atoms with Gasteiger partial charge in [-0.15, -0.1) is 11.3 Å². The topological polar surface area (TPSA) is 75.7 Å². The van der Waals surface area contributed by atoms with Gasteiger partial charge in [0, 0.05) is 17.5 Å². The number of ether oxygens (including phenoxy) is 1. The molecule has 3 amide bonds. The molecule has 1 aromatic rings. The molecule has 2 atom stereocenters. The van der Waals surface area contributed by atoms with Crippen molar-refractivity contribution in [2.24, 2.45) is 5.92 Å². The maximum atomic E-state index is 12.2. The van der Waals surface area contributed by atoms with Crippen molar-refractivity contribution >= 4 is 29.2 Å². The van der Waals surface area contributed by atoms with Crippen LogP contribution in [0.15, 0.2) is 29.8 Å². The largest absolute Gasteiger partial charge is 0.465 e. The molecule has 0 spiro atoms. The molecule has 1 fully saturated rings. The first-order chi connectivity index (χ1) is 9.97. The normalized spacial score (nSPS) is 21.9. The average Bonchev–Trinajstić information content (AvgIpc) is 2.90. The van der Waals surface area contributed by atoms with E-state index in [0.717, 1.165) is 9.78 Å². The number of imide groups is 1. The van der Waals surface area contributed by atoms with Crippen molar-refractivity contribution < 1.29 is 19.1 Å². The zero-order valence-corrected chi connectivity index (χ0v) is 12.6. The highest BCUT2D eigenvalue weighted by molar-refractivity contribution is 7.10. The molecule has 21 heavy (non-hydrogen) atoms. The summed E-state index contributed by atoms with van der Waals surface area (Å²) in [4.78, 5) is 37.9. The lowest BCUT2D eigenvalue weighted by atomic mass is 9.91. The second-order valence-electron chi connectivity index (χ2n) is 4.53. The molecule has 0 bridgehead atoms. The minimum atomic E-state index is -0.815. The van der Waals surface area contributed by atoms with Gasteiger partial charge in [-0.1, -0.05) is 12.6 Å².